The first-order chi connectivity index (χ1) is 9.70. The number of hydrogen-bond acceptors (Lipinski definition) is 4. The Hall–Kier alpha value is -0.680. The van der Waals surface area contributed by atoms with Crippen LogP contribution in [0, 0.1) is 0 Å². The smallest absolute Gasteiger partial charge is 0.0395 e. The van der Waals surface area contributed by atoms with Crippen LogP contribution in [0.3, 0.4) is 0 Å². The zero-order chi connectivity index (χ0) is 13.9. The predicted octanol–water partition coefficient (Wildman–Crippen LogP) is 2.48. The van der Waals surface area contributed by atoms with Gasteiger partial charge in [-0.2, -0.15) is 0 Å². The lowest BCUT2D eigenvalue weighted by molar-refractivity contribution is 0.150. The molecule has 0 spiro atoms. The van der Waals surface area contributed by atoms with E-state index in [1.807, 2.05) is 6.07 Å². The molecule has 4 nitrogen and oxygen atoms in total. The number of nitrogens with zero attached hydrogens (tertiary/aromatic N) is 2. The zero-order valence-corrected chi connectivity index (χ0v) is 14.9. The molecule has 1 fully saturated rings. The third-order valence-electron chi connectivity index (χ3n) is 4.65. The quantitative estimate of drug-likeness (QED) is 0.825. The number of nitrogens with one attached hydrogen (secondary N) is 1. The van der Waals surface area contributed by atoms with Gasteiger partial charge in [-0.05, 0) is 44.0 Å². The highest BCUT2D eigenvalue weighted by Gasteiger charge is 2.20. The third-order valence-corrected chi connectivity index (χ3v) is 4.65. The molecule has 126 valence electrons. The summed E-state index contributed by atoms with van der Waals surface area (Å²) < 4.78 is 0. The summed E-state index contributed by atoms with van der Waals surface area (Å²) >= 11 is 0. The van der Waals surface area contributed by atoms with Crippen molar-refractivity contribution in [2.24, 2.45) is 0 Å². The van der Waals surface area contributed by atoms with E-state index in [2.05, 4.69) is 34.3 Å². The van der Waals surface area contributed by atoms with Gasteiger partial charge in [0, 0.05) is 50.1 Å². The third kappa shape index (κ3) is 4.92. The Morgan fingerprint density at radius 1 is 1.18 bits per heavy atom. The molecule has 3 N–H and O–H groups in total. The van der Waals surface area contributed by atoms with Crippen LogP contribution in [0.5, 0.6) is 0 Å². The van der Waals surface area contributed by atoms with Crippen molar-refractivity contribution in [1.29, 1.82) is 0 Å². The zero-order valence-electron chi connectivity index (χ0n) is 13.3. The predicted molar refractivity (Wildman–Crippen MR) is 99.6 cm³/mol. The number of rotatable bonds is 3. The molecule has 3 rings (SSSR count). The van der Waals surface area contributed by atoms with E-state index in [0.717, 1.165) is 5.69 Å². The second-order valence-corrected chi connectivity index (χ2v) is 6.23. The molecule has 2 aliphatic rings. The van der Waals surface area contributed by atoms with E-state index in [9.17, 15) is 0 Å². The molecule has 0 saturated carbocycles. The van der Waals surface area contributed by atoms with E-state index in [1.54, 1.807) is 0 Å². The topological polar surface area (TPSA) is 44.5 Å². The highest BCUT2D eigenvalue weighted by atomic mass is 35.5. The van der Waals surface area contributed by atoms with E-state index in [0.29, 0.717) is 6.04 Å². The monoisotopic (exact) mass is 346 g/mol. The van der Waals surface area contributed by atoms with Crippen LogP contribution in [0.4, 0.5) is 11.4 Å². The number of fused-ring (bicyclic) bond motifs is 1. The molecule has 0 amide bonds. The maximum atomic E-state index is 5.88. The summed E-state index contributed by atoms with van der Waals surface area (Å²) in [6.07, 6.45) is 3.65. The van der Waals surface area contributed by atoms with Crippen LogP contribution in [-0.2, 0) is 6.42 Å². The molecule has 2 aliphatic heterocycles. The van der Waals surface area contributed by atoms with Gasteiger partial charge < -0.3 is 20.9 Å². The fourth-order valence-corrected chi connectivity index (χ4v) is 3.19. The van der Waals surface area contributed by atoms with Gasteiger partial charge in [0.15, 0.2) is 0 Å². The van der Waals surface area contributed by atoms with Crippen molar-refractivity contribution in [3.8, 4) is 0 Å². The number of benzene rings is 1. The fraction of sp³-hybridized carbons (Fsp3) is 0.625. The first-order valence-electron chi connectivity index (χ1n) is 7.76. The molecule has 0 aromatic heterocycles. The molecule has 6 heteroatoms. The summed E-state index contributed by atoms with van der Waals surface area (Å²) in [5.74, 6) is 0. The van der Waals surface area contributed by atoms with Crippen LogP contribution in [0.2, 0.25) is 0 Å². The molecule has 0 radical (unpaired) electrons. The molecule has 0 bridgehead atoms. The van der Waals surface area contributed by atoms with Crippen LogP contribution < -0.4 is 11.1 Å². The van der Waals surface area contributed by atoms with Crippen LogP contribution >= 0.6 is 24.8 Å². The largest absolute Gasteiger partial charge is 0.399 e. The highest BCUT2D eigenvalue weighted by Crippen LogP contribution is 2.27. The minimum atomic E-state index is 0. The molecule has 1 aromatic carbocycles. The number of hydrogen-bond donors (Lipinski definition) is 2. The number of likely N-dealkylation sites (N-methyl/N-ethyl adjacent to an activating group) is 1. The van der Waals surface area contributed by atoms with Crippen molar-refractivity contribution in [2.45, 2.75) is 25.3 Å². The Balaban J connectivity index is 0.00000121. The Kier molecular flexibility index (Phi) is 7.77. The van der Waals surface area contributed by atoms with Crippen molar-refractivity contribution in [2.75, 3.05) is 50.8 Å². The number of nitrogens with two attached hydrogens (primary N) is 1. The van der Waals surface area contributed by atoms with Gasteiger partial charge in [-0.1, -0.05) is 6.07 Å². The molecule has 1 unspecified atom stereocenters. The van der Waals surface area contributed by atoms with Crippen LogP contribution in [-0.4, -0.2) is 55.6 Å². The summed E-state index contributed by atoms with van der Waals surface area (Å²) in [5.41, 5.74) is 9.40. The van der Waals surface area contributed by atoms with Crippen molar-refractivity contribution in [1.82, 2.24) is 9.80 Å². The van der Waals surface area contributed by atoms with Gasteiger partial charge in [-0.15, -0.1) is 24.8 Å². The van der Waals surface area contributed by atoms with Crippen LogP contribution in [0.25, 0.3) is 0 Å². The van der Waals surface area contributed by atoms with Crippen LogP contribution in [0.15, 0.2) is 18.2 Å². The van der Waals surface area contributed by atoms with E-state index >= 15 is 0 Å². The lowest BCUT2D eigenvalue weighted by Gasteiger charge is -2.34. The first-order valence-corrected chi connectivity index (χ1v) is 7.76. The lowest BCUT2D eigenvalue weighted by atomic mass is 9.96. The Bertz CT molecular complexity index is 461. The van der Waals surface area contributed by atoms with Gasteiger partial charge in [0.05, 0.1) is 0 Å². The fourth-order valence-electron chi connectivity index (χ4n) is 3.19. The van der Waals surface area contributed by atoms with E-state index in [-0.39, 0.29) is 24.8 Å². The van der Waals surface area contributed by atoms with Crippen molar-refractivity contribution in [3.63, 3.8) is 0 Å². The maximum Gasteiger partial charge on any atom is 0.0395 e. The first kappa shape index (κ1) is 19.4. The average molecular weight is 347 g/mol. The minimum absolute atomic E-state index is 0. The minimum Gasteiger partial charge on any atom is -0.399 e. The second-order valence-electron chi connectivity index (χ2n) is 6.23. The summed E-state index contributed by atoms with van der Waals surface area (Å²) in [4.78, 5) is 5.00. The van der Waals surface area contributed by atoms with Gasteiger partial charge in [0.25, 0.3) is 0 Å². The van der Waals surface area contributed by atoms with Gasteiger partial charge >= 0.3 is 0 Å². The SMILES string of the molecule is CN1CCN(CCC2CCc3ccc(N)cc3N2)CC1.Cl.Cl. The molecule has 0 aliphatic carbocycles. The molecule has 1 saturated heterocycles. The number of anilines is 2. The Labute approximate surface area is 146 Å². The number of piperazine rings is 1. The highest BCUT2D eigenvalue weighted by molar-refractivity contribution is 5.85. The summed E-state index contributed by atoms with van der Waals surface area (Å²) in [6.45, 7) is 6.05. The van der Waals surface area contributed by atoms with Gasteiger partial charge in [-0.25, -0.2) is 0 Å². The molecule has 1 atom stereocenters. The number of aryl methyl sites for hydroxylation is 1. The van der Waals surface area contributed by atoms with E-state index in [4.69, 9.17) is 5.73 Å². The summed E-state index contributed by atoms with van der Waals surface area (Å²) in [7, 11) is 2.21. The van der Waals surface area contributed by atoms with Gasteiger partial charge in [-0.3, -0.25) is 0 Å². The lowest BCUT2D eigenvalue weighted by Crippen LogP contribution is -2.45. The maximum absolute atomic E-state index is 5.88. The standard InChI is InChI=1S/C16H26N4.2ClH/c1-19-8-10-20(11-9-19)7-6-15-5-3-13-2-4-14(17)12-16(13)18-15;;/h2,4,12,15,18H,3,5-11,17H2,1H3;2*1H. The number of nitrogen functional groups attached to an aromatic ring is 1. The Morgan fingerprint density at radius 3 is 2.64 bits per heavy atom. The normalized spacial score (nSPS) is 22.0. The summed E-state index contributed by atoms with van der Waals surface area (Å²) in [6, 6.07) is 6.85. The number of halogens is 2. The van der Waals surface area contributed by atoms with Crippen LogP contribution in [0.1, 0.15) is 18.4 Å². The Morgan fingerprint density at radius 2 is 1.91 bits per heavy atom. The van der Waals surface area contributed by atoms with E-state index in [1.165, 1.54) is 63.2 Å². The second kappa shape index (κ2) is 8.82. The van der Waals surface area contributed by atoms with Crippen molar-refractivity contribution >= 4 is 36.2 Å². The molecular formula is C16H28Cl2N4. The van der Waals surface area contributed by atoms with Gasteiger partial charge in [0.1, 0.15) is 0 Å². The average Bonchev–Trinajstić information content (AvgIpc) is 2.46. The molecule has 1 aromatic rings. The summed E-state index contributed by atoms with van der Waals surface area (Å²) in [5, 5.41) is 3.67. The van der Waals surface area contributed by atoms with Gasteiger partial charge in [0.2, 0.25) is 0 Å². The van der Waals surface area contributed by atoms with Crippen molar-refractivity contribution in [3.05, 3.63) is 23.8 Å². The molecular weight excluding hydrogens is 319 g/mol. The van der Waals surface area contributed by atoms with Crippen molar-refractivity contribution < 1.29 is 0 Å². The molecule has 2 heterocycles. The molecule has 22 heavy (non-hydrogen) atoms. The van der Waals surface area contributed by atoms with E-state index < -0.39 is 0 Å².